The molecule has 2 amide bonds. The molecule has 1 N–H and O–H groups in total. The molecular formula is C26H29N5O2. The van der Waals surface area contributed by atoms with Crippen molar-refractivity contribution in [2.24, 2.45) is 0 Å². The minimum Gasteiger partial charge on any atom is -0.322 e. The first-order valence-electron chi connectivity index (χ1n) is 11.8. The first-order valence-corrected chi connectivity index (χ1v) is 11.8. The Kier molecular flexibility index (Phi) is 5.94. The zero-order chi connectivity index (χ0) is 22.8. The van der Waals surface area contributed by atoms with E-state index in [9.17, 15) is 9.59 Å². The third-order valence-electron chi connectivity index (χ3n) is 6.62. The number of carbonyl (C=O) groups is 2. The van der Waals surface area contributed by atoms with Gasteiger partial charge in [0.05, 0.1) is 0 Å². The second-order valence-corrected chi connectivity index (χ2v) is 8.94. The molecule has 1 aromatic heterocycles. The van der Waals surface area contributed by atoms with Gasteiger partial charge in [0.25, 0.3) is 5.91 Å². The van der Waals surface area contributed by atoms with Crippen LogP contribution in [-0.2, 0) is 17.8 Å². The highest BCUT2D eigenvalue weighted by atomic mass is 16.2. The smallest absolute Gasteiger partial charge is 0.255 e. The van der Waals surface area contributed by atoms with Crippen LogP contribution in [0, 0.1) is 6.92 Å². The molecule has 0 unspecified atom stereocenters. The number of benzene rings is 2. The van der Waals surface area contributed by atoms with Crippen molar-refractivity contribution in [3.8, 4) is 11.4 Å². The summed E-state index contributed by atoms with van der Waals surface area (Å²) in [6.07, 6.45) is 7.01. The van der Waals surface area contributed by atoms with E-state index in [4.69, 9.17) is 0 Å². The largest absolute Gasteiger partial charge is 0.322 e. The Labute approximate surface area is 193 Å². The number of rotatable bonds is 4. The van der Waals surface area contributed by atoms with Gasteiger partial charge in [0.2, 0.25) is 5.91 Å². The van der Waals surface area contributed by atoms with Crippen LogP contribution >= 0.6 is 0 Å². The Balaban J connectivity index is 1.35. The van der Waals surface area contributed by atoms with E-state index in [0.29, 0.717) is 12.0 Å². The van der Waals surface area contributed by atoms with Gasteiger partial charge in [-0.1, -0.05) is 18.6 Å². The van der Waals surface area contributed by atoms with Crippen LogP contribution in [0.4, 0.5) is 11.4 Å². The lowest BCUT2D eigenvalue weighted by molar-refractivity contribution is -0.119. The average Bonchev–Trinajstić information content (AvgIpc) is 3.09. The van der Waals surface area contributed by atoms with E-state index in [-0.39, 0.29) is 11.8 Å². The van der Waals surface area contributed by atoms with E-state index < -0.39 is 0 Å². The van der Waals surface area contributed by atoms with E-state index >= 15 is 0 Å². The predicted octanol–water partition coefficient (Wildman–Crippen LogP) is 4.75. The number of hydrogen-bond acceptors (Lipinski definition) is 4. The molecule has 0 saturated carbocycles. The summed E-state index contributed by atoms with van der Waals surface area (Å²) in [7, 11) is 0. The maximum atomic E-state index is 13.0. The summed E-state index contributed by atoms with van der Waals surface area (Å²) in [6, 6.07) is 13.3. The van der Waals surface area contributed by atoms with Crippen LogP contribution in [-0.4, -0.2) is 33.1 Å². The minimum atomic E-state index is -0.174. The lowest BCUT2D eigenvalue weighted by Crippen LogP contribution is -2.35. The van der Waals surface area contributed by atoms with Crippen molar-refractivity contribution in [2.45, 2.75) is 58.4 Å². The third-order valence-corrected chi connectivity index (χ3v) is 6.62. The molecule has 0 bridgehead atoms. The first-order chi connectivity index (χ1) is 16.1. The number of aromatic nitrogens is 3. The number of piperidine rings is 1. The monoisotopic (exact) mass is 443 g/mol. The van der Waals surface area contributed by atoms with E-state index in [2.05, 4.69) is 20.1 Å². The molecule has 3 aromatic rings. The van der Waals surface area contributed by atoms with Gasteiger partial charge < -0.3 is 14.8 Å². The molecule has 0 aliphatic carbocycles. The molecule has 1 fully saturated rings. The molecule has 0 radical (unpaired) electrons. The molecule has 7 nitrogen and oxygen atoms in total. The molecular weight excluding hydrogens is 414 g/mol. The van der Waals surface area contributed by atoms with Crippen molar-refractivity contribution in [3.05, 3.63) is 59.4 Å². The lowest BCUT2D eigenvalue weighted by atomic mass is 10.1. The third kappa shape index (κ3) is 4.40. The maximum Gasteiger partial charge on any atom is 0.255 e. The van der Waals surface area contributed by atoms with Crippen LogP contribution in [0.25, 0.3) is 11.4 Å². The highest BCUT2D eigenvalue weighted by molar-refractivity contribution is 6.05. The second kappa shape index (κ2) is 9.17. The topological polar surface area (TPSA) is 80.1 Å². The van der Waals surface area contributed by atoms with Crippen molar-refractivity contribution in [3.63, 3.8) is 0 Å². The van der Waals surface area contributed by atoms with Crippen molar-refractivity contribution < 1.29 is 9.59 Å². The number of fused-ring (bicyclic) bond motifs is 1. The Morgan fingerprint density at radius 2 is 1.70 bits per heavy atom. The summed E-state index contributed by atoms with van der Waals surface area (Å²) in [6.45, 7) is 3.65. The van der Waals surface area contributed by atoms with Gasteiger partial charge in [-0.15, -0.1) is 10.2 Å². The predicted molar refractivity (Wildman–Crippen MR) is 128 cm³/mol. The molecule has 0 spiro atoms. The molecule has 2 aliphatic rings. The van der Waals surface area contributed by atoms with E-state index in [1.165, 1.54) is 6.42 Å². The number of amides is 2. The number of nitrogens with one attached hydrogen (secondary N) is 1. The van der Waals surface area contributed by atoms with Gasteiger partial charge in [-0.3, -0.25) is 9.59 Å². The Morgan fingerprint density at radius 3 is 2.52 bits per heavy atom. The van der Waals surface area contributed by atoms with Crippen molar-refractivity contribution >= 4 is 23.2 Å². The zero-order valence-corrected chi connectivity index (χ0v) is 19.0. The molecule has 5 rings (SSSR count). The van der Waals surface area contributed by atoms with Crippen LogP contribution in [0.1, 0.15) is 60.3 Å². The van der Waals surface area contributed by atoms with Gasteiger partial charge in [-0.25, -0.2) is 0 Å². The van der Waals surface area contributed by atoms with E-state index in [1.54, 1.807) is 17.0 Å². The minimum absolute atomic E-state index is 0.150. The van der Waals surface area contributed by atoms with E-state index in [0.717, 1.165) is 79.3 Å². The summed E-state index contributed by atoms with van der Waals surface area (Å²) >= 11 is 0. The van der Waals surface area contributed by atoms with E-state index in [1.807, 2.05) is 37.3 Å². The van der Waals surface area contributed by atoms with Gasteiger partial charge in [0, 0.05) is 48.4 Å². The molecule has 1 saturated heterocycles. The van der Waals surface area contributed by atoms with Crippen LogP contribution in [0.3, 0.4) is 0 Å². The fourth-order valence-corrected chi connectivity index (χ4v) is 4.66. The van der Waals surface area contributed by atoms with Gasteiger partial charge >= 0.3 is 0 Å². The number of carbonyl (C=O) groups excluding carboxylic acids is 2. The fraction of sp³-hybridized carbons (Fsp3) is 0.385. The molecule has 170 valence electrons. The molecule has 2 aromatic carbocycles. The van der Waals surface area contributed by atoms with Crippen LogP contribution in [0.2, 0.25) is 0 Å². The van der Waals surface area contributed by atoms with Gasteiger partial charge in [-0.2, -0.15) is 0 Å². The second-order valence-electron chi connectivity index (χ2n) is 8.94. The maximum absolute atomic E-state index is 13.0. The molecule has 0 atom stereocenters. The highest BCUT2D eigenvalue weighted by Gasteiger charge is 2.20. The Hall–Kier alpha value is -3.48. The summed E-state index contributed by atoms with van der Waals surface area (Å²) in [5.41, 5.74) is 4.11. The highest BCUT2D eigenvalue weighted by Crippen LogP contribution is 2.28. The SMILES string of the molecule is Cc1ccc(-c2nnc3n2CCCCC3)cc1NC(=O)c1ccc(N2CCCCC2=O)cc1. The average molecular weight is 444 g/mol. The normalized spacial score (nSPS) is 16.3. The van der Waals surface area contributed by atoms with Crippen molar-refractivity contribution in [1.29, 1.82) is 0 Å². The summed E-state index contributed by atoms with van der Waals surface area (Å²) in [4.78, 5) is 26.9. The van der Waals surface area contributed by atoms with Crippen LogP contribution in [0.5, 0.6) is 0 Å². The van der Waals surface area contributed by atoms with Gasteiger partial charge in [0.15, 0.2) is 5.82 Å². The standard InChI is InChI=1S/C26H29N5O2/c1-18-9-10-20(25-29-28-23-7-3-2-5-16-31(23)25)17-22(18)27-26(33)19-11-13-21(14-12-19)30-15-6-4-8-24(30)32/h9-14,17H,2-8,15-16H2,1H3,(H,27,33). The summed E-state index contributed by atoms with van der Waals surface area (Å²) < 4.78 is 2.21. The Morgan fingerprint density at radius 1 is 0.909 bits per heavy atom. The molecule has 33 heavy (non-hydrogen) atoms. The molecule has 3 heterocycles. The number of anilines is 2. The zero-order valence-electron chi connectivity index (χ0n) is 19.0. The number of aryl methyl sites for hydroxylation is 2. The first kappa shape index (κ1) is 21.4. The molecule has 2 aliphatic heterocycles. The van der Waals surface area contributed by atoms with Gasteiger partial charge in [-0.05, 0) is 68.5 Å². The number of hydrogen-bond donors (Lipinski definition) is 1. The van der Waals surface area contributed by atoms with Crippen LogP contribution < -0.4 is 10.2 Å². The van der Waals surface area contributed by atoms with Crippen molar-refractivity contribution in [2.75, 3.05) is 16.8 Å². The summed E-state index contributed by atoms with van der Waals surface area (Å²) in [5.74, 6) is 1.88. The van der Waals surface area contributed by atoms with Crippen LogP contribution in [0.15, 0.2) is 42.5 Å². The lowest BCUT2D eigenvalue weighted by Gasteiger charge is -2.26. The number of nitrogens with zero attached hydrogens (tertiary/aromatic N) is 4. The summed E-state index contributed by atoms with van der Waals surface area (Å²) in [5, 5.41) is 11.9. The van der Waals surface area contributed by atoms with Gasteiger partial charge in [0.1, 0.15) is 5.82 Å². The Bertz CT molecular complexity index is 1180. The quantitative estimate of drug-likeness (QED) is 0.631. The fourth-order valence-electron chi connectivity index (χ4n) is 4.66. The molecule has 7 heteroatoms. The van der Waals surface area contributed by atoms with Crippen molar-refractivity contribution in [1.82, 2.24) is 14.8 Å².